The summed E-state index contributed by atoms with van der Waals surface area (Å²) in [7, 11) is 0. The molecule has 0 radical (unpaired) electrons. The number of hydrogen-bond acceptors (Lipinski definition) is 5. The Morgan fingerprint density at radius 1 is 1.18 bits per heavy atom. The lowest BCUT2D eigenvalue weighted by molar-refractivity contribution is -0.0931. The number of aromatic nitrogens is 4. The molecular weight excluding hydrogens is 228 g/mol. The standard InChI is InChI=1S/C9H10N4O4/c14-8-5-7(12-9(15)13-8)11-6(10-5)4-3-16-1-2-17-4/h4H,1-3H2,(H3,10,11,12,13,14,15). The zero-order chi connectivity index (χ0) is 11.8. The third-order valence-corrected chi connectivity index (χ3v) is 2.53. The minimum absolute atomic E-state index is 0.225. The predicted octanol–water partition coefficient (Wildman–Crippen LogP) is -0.973. The number of nitrogens with one attached hydrogen (secondary N) is 3. The predicted molar refractivity (Wildman–Crippen MR) is 56.8 cm³/mol. The first kappa shape index (κ1) is 10.2. The molecule has 0 spiro atoms. The van der Waals surface area contributed by atoms with E-state index in [1.807, 2.05) is 0 Å². The van der Waals surface area contributed by atoms with Crippen molar-refractivity contribution in [3.05, 3.63) is 26.7 Å². The van der Waals surface area contributed by atoms with Crippen LogP contribution in [0.5, 0.6) is 0 Å². The summed E-state index contributed by atoms with van der Waals surface area (Å²) in [5.41, 5.74) is -0.628. The van der Waals surface area contributed by atoms with Crippen LogP contribution in [0.1, 0.15) is 11.9 Å². The van der Waals surface area contributed by atoms with Gasteiger partial charge in [0.05, 0.1) is 19.8 Å². The monoisotopic (exact) mass is 238 g/mol. The number of nitrogens with zero attached hydrogens (tertiary/aromatic N) is 1. The van der Waals surface area contributed by atoms with Gasteiger partial charge in [0.25, 0.3) is 5.56 Å². The normalized spacial score (nSPS) is 20.8. The average Bonchev–Trinajstić information content (AvgIpc) is 2.74. The zero-order valence-electron chi connectivity index (χ0n) is 8.78. The van der Waals surface area contributed by atoms with E-state index in [-0.39, 0.29) is 17.3 Å². The number of ether oxygens (including phenoxy) is 2. The minimum atomic E-state index is -0.582. The van der Waals surface area contributed by atoms with Crippen LogP contribution in [0.15, 0.2) is 9.59 Å². The highest BCUT2D eigenvalue weighted by molar-refractivity contribution is 5.68. The molecule has 90 valence electrons. The molecule has 2 aromatic rings. The van der Waals surface area contributed by atoms with Crippen LogP contribution < -0.4 is 11.2 Å². The molecule has 2 aromatic heterocycles. The Bertz CT molecular complexity index is 649. The van der Waals surface area contributed by atoms with Crippen LogP contribution in [-0.4, -0.2) is 39.8 Å². The molecule has 3 heterocycles. The van der Waals surface area contributed by atoms with E-state index in [4.69, 9.17) is 9.47 Å². The van der Waals surface area contributed by atoms with Gasteiger partial charge in [0.1, 0.15) is 17.4 Å². The molecule has 1 atom stereocenters. The molecule has 0 saturated carbocycles. The van der Waals surface area contributed by atoms with Crippen molar-refractivity contribution in [3.8, 4) is 0 Å². The molecule has 1 unspecified atom stereocenters. The van der Waals surface area contributed by atoms with Crippen LogP contribution in [-0.2, 0) is 9.47 Å². The van der Waals surface area contributed by atoms with E-state index in [1.165, 1.54) is 0 Å². The fourth-order valence-corrected chi connectivity index (χ4v) is 1.75. The highest BCUT2D eigenvalue weighted by Crippen LogP contribution is 2.18. The van der Waals surface area contributed by atoms with E-state index in [9.17, 15) is 9.59 Å². The smallest absolute Gasteiger partial charge is 0.327 e. The topological polar surface area (TPSA) is 113 Å². The van der Waals surface area contributed by atoms with E-state index in [1.54, 1.807) is 0 Å². The van der Waals surface area contributed by atoms with E-state index in [2.05, 4.69) is 19.9 Å². The van der Waals surface area contributed by atoms with Gasteiger partial charge in [0.2, 0.25) is 0 Å². The van der Waals surface area contributed by atoms with Crippen molar-refractivity contribution in [1.82, 2.24) is 19.9 Å². The molecule has 3 rings (SSSR count). The zero-order valence-corrected chi connectivity index (χ0v) is 8.78. The van der Waals surface area contributed by atoms with Crippen molar-refractivity contribution in [1.29, 1.82) is 0 Å². The van der Waals surface area contributed by atoms with E-state index in [0.29, 0.717) is 25.6 Å². The van der Waals surface area contributed by atoms with Crippen LogP contribution in [0.2, 0.25) is 0 Å². The third kappa shape index (κ3) is 1.77. The van der Waals surface area contributed by atoms with E-state index < -0.39 is 11.2 Å². The number of aromatic amines is 3. The molecule has 1 aliphatic heterocycles. The second-order valence-electron chi connectivity index (χ2n) is 3.69. The Hall–Kier alpha value is -1.93. The molecule has 0 amide bonds. The highest BCUT2D eigenvalue weighted by atomic mass is 16.6. The number of H-pyrrole nitrogens is 3. The maximum atomic E-state index is 11.5. The van der Waals surface area contributed by atoms with Crippen molar-refractivity contribution in [2.45, 2.75) is 6.10 Å². The lowest BCUT2D eigenvalue weighted by Gasteiger charge is -2.20. The summed E-state index contributed by atoms with van der Waals surface area (Å²) in [6.45, 7) is 1.41. The first-order valence-corrected chi connectivity index (χ1v) is 5.15. The van der Waals surface area contributed by atoms with Gasteiger partial charge in [-0.3, -0.25) is 14.8 Å². The fraction of sp³-hybridized carbons (Fsp3) is 0.444. The Kier molecular flexibility index (Phi) is 2.30. The van der Waals surface area contributed by atoms with Gasteiger partial charge >= 0.3 is 5.69 Å². The van der Waals surface area contributed by atoms with Crippen LogP contribution in [0.3, 0.4) is 0 Å². The highest BCUT2D eigenvalue weighted by Gasteiger charge is 2.21. The van der Waals surface area contributed by atoms with Gasteiger partial charge in [0.15, 0.2) is 5.65 Å². The summed E-state index contributed by atoms with van der Waals surface area (Å²) in [6, 6.07) is 0. The quantitative estimate of drug-likeness (QED) is 0.591. The maximum absolute atomic E-state index is 11.5. The fourth-order valence-electron chi connectivity index (χ4n) is 1.75. The van der Waals surface area contributed by atoms with Gasteiger partial charge in [-0.15, -0.1) is 0 Å². The second kappa shape index (κ2) is 3.82. The summed E-state index contributed by atoms with van der Waals surface area (Å²) in [6.07, 6.45) is -0.334. The van der Waals surface area contributed by atoms with Gasteiger partial charge in [-0.2, -0.15) is 0 Å². The minimum Gasteiger partial charge on any atom is -0.376 e. The number of rotatable bonds is 1. The van der Waals surface area contributed by atoms with Crippen molar-refractivity contribution >= 4 is 11.2 Å². The molecule has 1 aliphatic rings. The molecule has 0 aromatic carbocycles. The second-order valence-corrected chi connectivity index (χ2v) is 3.69. The van der Waals surface area contributed by atoms with Crippen LogP contribution in [0.4, 0.5) is 0 Å². The molecule has 0 bridgehead atoms. The largest absolute Gasteiger partial charge is 0.376 e. The van der Waals surface area contributed by atoms with Gasteiger partial charge in [0, 0.05) is 0 Å². The molecule has 8 heteroatoms. The van der Waals surface area contributed by atoms with Crippen LogP contribution in [0.25, 0.3) is 11.2 Å². The van der Waals surface area contributed by atoms with Gasteiger partial charge in [-0.05, 0) is 0 Å². The SMILES string of the molecule is O=c1[nH]c(=O)c2[nH]c(C3COCCO3)nc2[nH]1. The Balaban J connectivity index is 2.09. The molecule has 17 heavy (non-hydrogen) atoms. The third-order valence-electron chi connectivity index (χ3n) is 2.53. The number of fused-ring (bicyclic) bond motifs is 1. The number of hydrogen-bond donors (Lipinski definition) is 3. The first-order valence-electron chi connectivity index (χ1n) is 5.15. The number of imidazole rings is 1. The molecule has 1 saturated heterocycles. The Morgan fingerprint density at radius 3 is 2.82 bits per heavy atom. The summed E-state index contributed by atoms with van der Waals surface area (Å²) in [5, 5.41) is 0. The van der Waals surface area contributed by atoms with Crippen LogP contribution >= 0.6 is 0 Å². The summed E-state index contributed by atoms with van der Waals surface area (Å²) in [5.74, 6) is 0.479. The van der Waals surface area contributed by atoms with E-state index in [0.717, 1.165) is 0 Å². The molecular formula is C9H10N4O4. The molecule has 1 fully saturated rings. The molecule has 0 aliphatic carbocycles. The van der Waals surface area contributed by atoms with E-state index >= 15 is 0 Å². The lowest BCUT2D eigenvalue weighted by atomic mass is 10.3. The first-order chi connectivity index (χ1) is 8.24. The molecule has 3 N–H and O–H groups in total. The van der Waals surface area contributed by atoms with Gasteiger partial charge in [-0.1, -0.05) is 0 Å². The van der Waals surface area contributed by atoms with Gasteiger partial charge in [-0.25, -0.2) is 9.78 Å². The van der Waals surface area contributed by atoms with Crippen molar-refractivity contribution in [3.63, 3.8) is 0 Å². The maximum Gasteiger partial charge on any atom is 0.327 e. The average molecular weight is 238 g/mol. The summed E-state index contributed by atoms with van der Waals surface area (Å²) >= 11 is 0. The lowest BCUT2D eigenvalue weighted by Crippen LogP contribution is -2.22. The van der Waals surface area contributed by atoms with Crippen molar-refractivity contribution in [2.24, 2.45) is 0 Å². The van der Waals surface area contributed by atoms with Gasteiger partial charge < -0.3 is 14.5 Å². The summed E-state index contributed by atoms with van der Waals surface area (Å²) < 4.78 is 10.7. The Labute approximate surface area is 94.0 Å². The Morgan fingerprint density at radius 2 is 2.06 bits per heavy atom. The van der Waals surface area contributed by atoms with Crippen molar-refractivity contribution in [2.75, 3.05) is 19.8 Å². The van der Waals surface area contributed by atoms with Crippen LogP contribution in [0, 0.1) is 0 Å². The molecule has 8 nitrogen and oxygen atoms in total. The van der Waals surface area contributed by atoms with Crippen molar-refractivity contribution < 1.29 is 9.47 Å². The summed E-state index contributed by atoms with van der Waals surface area (Å²) in [4.78, 5) is 34.1.